The van der Waals surface area contributed by atoms with E-state index in [0.29, 0.717) is 12.1 Å². The molecule has 3 rings (SSSR count). The maximum absolute atomic E-state index is 14.8. The summed E-state index contributed by atoms with van der Waals surface area (Å²) in [5.41, 5.74) is 4.35. The molecule has 0 aliphatic carbocycles. The Morgan fingerprint density at radius 2 is 1.82 bits per heavy atom. The zero-order valence-electron chi connectivity index (χ0n) is 19.3. The lowest BCUT2D eigenvalue weighted by Gasteiger charge is -2.40. The van der Waals surface area contributed by atoms with Crippen molar-refractivity contribution < 1.29 is 22.3 Å². The van der Waals surface area contributed by atoms with E-state index in [4.69, 9.17) is 4.74 Å². The van der Waals surface area contributed by atoms with Gasteiger partial charge < -0.3 is 10.1 Å². The molecule has 0 bridgehead atoms. The number of hydrogen-bond acceptors (Lipinski definition) is 6. The average Bonchev–Trinajstić information content (AvgIpc) is 2.73. The average molecular weight is 479 g/mol. The van der Waals surface area contributed by atoms with Gasteiger partial charge in [0.2, 0.25) is 0 Å². The molecule has 2 aromatic rings. The highest BCUT2D eigenvalue weighted by Crippen LogP contribution is 2.30. The Labute approximate surface area is 194 Å². The standard InChI is InChI=1S/C23H31FN4O4S/c1-16-9-11-18(12-10-16)33(30,31)27-26-13-17-7-5-6-8-19(17)20-14-25-15-21(24)28(20)22(29)32-23(2,3)4/h5-12,20-21,25-27H,13-15H2,1-4H3. The first-order chi connectivity index (χ1) is 15.5. The molecule has 1 aliphatic rings. The molecule has 1 heterocycles. The predicted molar refractivity (Wildman–Crippen MR) is 123 cm³/mol. The van der Waals surface area contributed by atoms with Crippen LogP contribution in [0.25, 0.3) is 0 Å². The van der Waals surface area contributed by atoms with Crippen LogP contribution < -0.4 is 15.6 Å². The van der Waals surface area contributed by atoms with Crippen LogP contribution in [-0.4, -0.2) is 44.4 Å². The molecule has 3 N–H and O–H groups in total. The molecule has 2 unspecified atom stereocenters. The minimum absolute atomic E-state index is 0.00646. The lowest BCUT2D eigenvalue weighted by molar-refractivity contribution is -0.0291. The number of nitrogens with one attached hydrogen (secondary N) is 3. The topological polar surface area (TPSA) is 99.8 Å². The molecule has 180 valence electrons. The van der Waals surface area contributed by atoms with E-state index >= 15 is 0 Å². The van der Waals surface area contributed by atoms with E-state index < -0.39 is 34.1 Å². The van der Waals surface area contributed by atoms with Gasteiger partial charge in [-0.15, -0.1) is 4.83 Å². The Kier molecular flexibility index (Phi) is 7.73. The second-order valence-corrected chi connectivity index (χ2v) is 10.6. The van der Waals surface area contributed by atoms with Crippen molar-refractivity contribution >= 4 is 16.1 Å². The van der Waals surface area contributed by atoms with Gasteiger partial charge in [-0.3, -0.25) is 4.90 Å². The van der Waals surface area contributed by atoms with Gasteiger partial charge in [0, 0.05) is 19.6 Å². The number of aryl methyl sites for hydroxylation is 1. The predicted octanol–water partition coefficient (Wildman–Crippen LogP) is 3.16. The number of amides is 1. The quantitative estimate of drug-likeness (QED) is 0.436. The molecule has 0 radical (unpaired) electrons. The number of carbonyl (C=O) groups excluding carboxylic acids is 1. The highest BCUT2D eigenvalue weighted by molar-refractivity contribution is 7.89. The van der Waals surface area contributed by atoms with Gasteiger partial charge in [-0.2, -0.15) is 0 Å². The van der Waals surface area contributed by atoms with Crippen molar-refractivity contribution in [1.82, 2.24) is 20.5 Å². The summed E-state index contributed by atoms with van der Waals surface area (Å²) in [6, 6.07) is 13.1. The second kappa shape index (κ2) is 10.2. The first-order valence-electron chi connectivity index (χ1n) is 10.7. The summed E-state index contributed by atoms with van der Waals surface area (Å²) < 4.78 is 45.3. The zero-order chi connectivity index (χ0) is 24.2. The van der Waals surface area contributed by atoms with Crippen LogP contribution in [0.5, 0.6) is 0 Å². The number of piperazine rings is 1. The molecule has 10 heteroatoms. The summed E-state index contributed by atoms with van der Waals surface area (Å²) >= 11 is 0. The summed E-state index contributed by atoms with van der Waals surface area (Å²) in [6.07, 6.45) is -2.29. The Bertz CT molecular complexity index is 1070. The molecule has 1 saturated heterocycles. The van der Waals surface area contributed by atoms with Crippen molar-refractivity contribution in [2.45, 2.75) is 57.1 Å². The molecule has 1 amide bonds. The molecule has 0 spiro atoms. The zero-order valence-corrected chi connectivity index (χ0v) is 20.1. The number of halogens is 1. The first kappa shape index (κ1) is 25.1. The summed E-state index contributed by atoms with van der Waals surface area (Å²) in [7, 11) is -3.76. The molecular formula is C23H31FN4O4S. The molecule has 8 nitrogen and oxygen atoms in total. The first-order valence-corrected chi connectivity index (χ1v) is 12.2. The Morgan fingerprint density at radius 1 is 1.15 bits per heavy atom. The van der Waals surface area contributed by atoms with Gasteiger partial charge in [-0.25, -0.2) is 23.0 Å². The normalized spacial score (nSPS) is 19.4. The highest BCUT2D eigenvalue weighted by Gasteiger charge is 2.38. The number of hydrogen-bond donors (Lipinski definition) is 3. The minimum Gasteiger partial charge on any atom is -0.444 e. The summed E-state index contributed by atoms with van der Waals surface area (Å²) in [4.78, 5) is 16.4. The molecule has 0 aromatic heterocycles. The van der Waals surface area contributed by atoms with Crippen LogP contribution in [0.1, 0.15) is 43.5 Å². The van der Waals surface area contributed by atoms with Crippen molar-refractivity contribution in [3.63, 3.8) is 0 Å². The Balaban J connectivity index is 1.77. The van der Waals surface area contributed by atoms with E-state index in [-0.39, 0.29) is 18.0 Å². The van der Waals surface area contributed by atoms with Crippen molar-refractivity contribution in [3.8, 4) is 0 Å². The van der Waals surface area contributed by atoms with E-state index in [1.165, 1.54) is 12.1 Å². The lowest BCUT2D eigenvalue weighted by Crippen LogP contribution is -2.54. The fourth-order valence-corrected chi connectivity index (χ4v) is 4.44. The molecule has 1 fully saturated rings. The fourth-order valence-electron chi connectivity index (χ4n) is 3.57. The lowest BCUT2D eigenvalue weighted by atomic mass is 9.97. The van der Waals surface area contributed by atoms with Crippen LogP contribution in [-0.2, 0) is 21.3 Å². The van der Waals surface area contributed by atoms with Gasteiger partial charge in [0.1, 0.15) is 5.60 Å². The van der Waals surface area contributed by atoms with Gasteiger partial charge in [0.25, 0.3) is 10.0 Å². The van der Waals surface area contributed by atoms with Crippen LogP contribution in [0.4, 0.5) is 9.18 Å². The van der Waals surface area contributed by atoms with Crippen molar-refractivity contribution in [2.24, 2.45) is 0 Å². The number of rotatable bonds is 6. The van der Waals surface area contributed by atoms with Crippen molar-refractivity contribution in [2.75, 3.05) is 13.1 Å². The maximum atomic E-state index is 14.8. The molecular weight excluding hydrogens is 447 g/mol. The number of nitrogens with zero attached hydrogens (tertiary/aromatic N) is 1. The number of sulfonamides is 1. The van der Waals surface area contributed by atoms with Crippen LogP contribution in [0.3, 0.4) is 0 Å². The van der Waals surface area contributed by atoms with Crippen LogP contribution in [0.15, 0.2) is 53.4 Å². The fraction of sp³-hybridized carbons (Fsp3) is 0.435. The second-order valence-electron chi connectivity index (χ2n) is 8.97. The van der Waals surface area contributed by atoms with Crippen molar-refractivity contribution in [3.05, 3.63) is 65.2 Å². The molecule has 1 aliphatic heterocycles. The number of carbonyl (C=O) groups is 1. The summed E-state index contributed by atoms with van der Waals surface area (Å²) in [6.45, 7) is 7.55. The van der Waals surface area contributed by atoms with E-state index in [2.05, 4.69) is 15.6 Å². The van der Waals surface area contributed by atoms with E-state index in [9.17, 15) is 17.6 Å². The van der Waals surface area contributed by atoms with E-state index in [1.54, 1.807) is 57.2 Å². The number of alkyl halides is 1. The van der Waals surface area contributed by atoms with Crippen LogP contribution in [0, 0.1) is 6.92 Å². The Morgan fingerprint density at radius 3 is 2.48 bits per heavy atom. The molecule has 0 saturated carbocycles. The highest BCUT2D eigenvalue weighted by atomic mass is 32.2. The number of hydrazine groups is 1. The van der Waals surface area contributed by atoms with Gasteiger partial charge in [0.15, 0.2) is 6.30 Å². The third-order valence-electron chi connectivity index (χ3n) is 5.12. The Hall–Kier alpha value is -2.53. The maximum Gasteiger partial charge on any atom is 0.413 e. The van der Waals surface area contributed by atoms with Crippen LogP contribution >= 0.6 is 0 Å². The SMILES string of the molecule is Cc1ccc(S(=O)(=O)NNCc2ccccc2C2CNCC(F)N2C(=O)OC(C)(C)C)cc1. The van der Waals surface area contributed by atoms with Gasteiger partial charge >= 0.3 is 6.09 Å². The van der Waals surface area contributed by atoms with Gasteiger partial charge in [0.05, 0.1) is 10.9 Å². The minimum atomic E-state index is -3.76. The third kappa shape index (κ3) is 6.50. The summed E-state index contributed by atoms with van der Waals surface area (Å²) in [5.74, 6) is 0. The van der Waals surface area contributed by atoms with Gasteiger partial charge in [-0.05, 0) is 51.0 Å². The van der Waals surface area contributed by atoms with E-state index in [0.717, 1.165) is 16.0 Å². The van der Waals surface area contributed by atoms with Crippen LogP contribution in [0.2, 0.25) is 0 Å². The number of benzene rings is 2. The van der Waals surface area contributed by atoms with Gasteiger partial charge in [-0.1, -0.05) is 42.0 Å². The molecule has 2 atom stereocenters. The molecule has 33 heavy (non-hydrogen) atoms. The molecule has 2 aromatic carbocycles. The monoisotopic (exact) mass is 478 g/mol. The number of ether oxygens (including phenoxy) is 1. The smallest absolute Gasteiger partial charge is 0.413 e. The third-order valence-corrected chi connectivity index (χ3v) is 6.43. The summed E-state index contributed by atoms with van der Waals surface area (Å²) in [5, 5.41) is 3.01. The van der Waals surface area contributed by atoms with Crippen molar-refractivity contribution in [1.29, 1.82) is 0 Å². The van der Waals surface area contributed by atoms with E-state index in [1.807, 2.05) is 6.92 Å². The largest absolute Gasteiger partial charge is 0.444 e.